The summed E-state index contributed by atoms with van der Waals surface area (Å²) in [6.07, 6.45) is -2.26. The highest BCUT2D eigenvalue weighted by molar-refractivity contribution is 7.92. The lowest BCUT2D eigenvalue weighted by Gasteiger charge is -2.16. The van der Waals surface area contributed by atoms with Gasteiger partial charge in [-0.3, -0.25) is 9.52 Å². The van der Waals surface area contributed by atoms with Crippen molar-refractivity contribution in [1.29, 1.82) is 0 Å². The van der Waals surface area contributed by atoms with Crippen LogP contribution in [0.5, 0.6) is 0 Å². The zero-order chi connectivity index (χ0) is 19.8. The number of carbonyl (C=O) groups is 1. The van der Waals surface area contributed by atoms with Crippen molar-refractivity contribution in [3.63, 3.8) is 0 Å². The van der Waals surface area contributed by atoms with Crippen LogP contribution in [0.25, 0.3) is 0 Å². The third kappa shape index (κ3) is 4.24. The summed E-state index contributed by atoms with van der Waals surface area (Å²) in [5, 5.41) is 2.25. The first-order valence-corrected chi connectivity index (χ1v) is 9.68. The van der Waals surface area contributed by atoms with Crippen molar-refractivity contribution in [3.05, 3.63) is 53.1 Å². The van der Waals surface area contributed by atoms with Gasteiger partial charge in [-0.15, -0.1) is 0 Å². The summed E-state index contributed by atoms with van der Waals surface area (Å²) in [6.45, 7) is 1.16. The number of nitrogens with one attached hydrogen (secondary N) is 2. The average Bonchev–Trinajstić information content (AvgIpc) is 3.02. The Balaban J connectivity index is 1.97. The first kappa shape index (κ1) is 19.2. The minimum absolute atomic E-state index is 0.0738. The van der Waals surface area contributed by atoms with Gasteiger partial charge < -0.3 is 5.32 Å². The molecule has 2 N–H and O–H groups in total. The second kappa shape index (κ2) is 6.88. The van der Waals surface area contributed by atoms with Crippen LogP contribution in [0, 0.1) is 0 Å². The Kier molecular flexibility index (Phi) is 4.90. The van der Waals surface area contributed by atoms with Crippen LogP contribution in [0.1, 0.15) is 30.0 Å². The molecular formula is C18H17F3N2O3S. The number of alkyl halides is 3. The molecule has 0 aliphatic heterocycles. The van der Waals surface area contributed by atoms with Crippen LogP contribution >= 0.6 is 0 Å². The maximum atomic E-state index is 13.4. The number of anilines is 2. The highest BCUT2D eigenvalue weighted by Gasteiger charge is 2.35. The molecular weight excluding hydrogens is 381 g/mol. The van der Waals surface area contributed by atoms with Crippen molar-refractivity contribution in [1.82, 2.24) is 0 Å². The highest BCUT2D eigenvalue weighted by atomic mass is 32.2. The quantitative estimate of drug-likeness (QED) is 0.819. The molecule has 2 aromatic rings. The molecule has 1 aliphatic carbocycles. The van der Waals surface area contributed by atoms with Gasteiger partial charge in [0.05, 0.1) is 16.1 Å². The normalized spacial score (nSPS) is 13.9. The number of fused-ring (bicyclic) bond motifs is 1. The molecule has 2 aromatic carbocycles. The van der Waals surface area contributed by atoms with E-state index in [1.807, 2.05) is 4.72 Å². The van der Waals surface area contributed by atoms with Gasteiger partial charge in [-0.25, -0.2) is 8.42 Å². The third-order valence-corrected chi connectivity index (χ3v) is 5.63. The van der Waals surface area contributed by atoms with Gasteiger partial charge in [0.1, 0.15) is 0 Å². The molecule has 0 spiro atoms. The Morgan fingerprint density at radius 3 is 2.41 bits per heavy atom. The number of rotatable bonds is 4. The van der Waals surface area contributed by atoms with Crippen LogP contribution in [0.4, 0.5) is 24.5 Å². The smallest absolute Gasteiger partial charge is 0.326 e. The van der Waals surface area contributed by atoms with Gasteiger partial charge in [0.15, 0.2) is 0 Å². The maximum absolute atomic E-state index is 13.4. The molecule has 0 heterocycles. The molecule has 0 unspecified atom stereocenters. The van der Waals surface area contributed by atoms with Crippen molar-refractivity contribution in [2.24, 2.45) is 0 Å². The van der Waals surface area contributed by atoms with Crippen molar-refractivity contribution >= 4 is 27.3 Å². The van der Waals surface area contributed by atoms with Gasteiger partial charge in [-0.05, 0) is 60.7 Å². The number of hydrogen-bond donors (Lipinski definition) is 2. The number of carbonyl (C=O) groups excluding carboxylic acids is 1. The van der Waals surface area contributed by atoms with Crippen molar-refractivity contribution in [2.45, 2.75) is 37.3 Å². The van der Waals surface area contributed by atoms with Gasteiger partial charge in [0, 0.05) is 12.6 Å². The van der Waals surface area contributed by atoms with Crippen LogP contribution in [0.2, 0.25) is 0 Å². The van der Waals surface area contributed by atoms with Crippen LogP contribution in [-0.2, 0) is 33.8 Å². The fourth-order valence-corrected chi connectivity index (χ4v) is 4.20. The summed E-state index contributed by atoms with van der Waals surface area (Å²) >= 11 is 0. The zero-order valence-electron chi connectivity index (χ0n) is 14.4. The largest absolute Gasteiger partial charge is 0.418 e. The van der Waals surface area contributed by atoms with E-state index in [9.17, 15) is 26.4 Å². The number of benzene rings is 2. The standard InChI is InChI=1S/C18H17F3N2O3S/c1-11(24)22-14-6-8-17(16(10-14)18(19,20)21)23-27(25,26)15-7-5-12-3-2-4-13(12)9-15/h5-10,23H,2-4H2,1H3,(H,22,24). The first-order valence-electron chi connectivity index (χ1n) is 8.20. The fraction of sp³-hybridized carbons (Fsp3) is 0.278. The molecule has 5 nitrogen and oxygen atoms in total. The molecule has 27 heavy (non-hydrogen) atoms. The highest BCUT2D eigenvalue weighted by Crippen LogP contribution is 2.37. The lowest BCUT2D eigenvalue weighted by molar-refractivity contribution is -0.136. The Bertz CT molecular complexity index is 1000. The Labute approximate surface area is 154 Å². The minimum atomic E-state index is -4.80. The Morgan fingerprint density at radius 1 is 1.04 bits per heavy atom. The summed E-state index contributed by atoms with van der Waals surface area (Å²) in [5.74, 6) is -0.533. The molecule has 3 rings (SSSR count). The number of halogens is 3. The molecule has 0 saturated carbocycles. The van der Waals surface area contributed by atoms with Crippen molar-refractivity contribution in [2.75, 3.05) is 10.0 Å². The lowest BCUT2D eigenvalue weighted by Crippen LogP contribution is -2.18. The van der Waals surface area contributed by atoms with Crippen LogP contribution in [0.3, 0.4) is 0 Å². The molecule has 0 saturated heterocycles. The topological polar surface area (TPSA) is 75.3 Å². The summed E-state index contributed by atoms with van der Waals surface area (Å²) in [7, 11) is -4.19. The maximum Gasteiger partial charge on any atom is 0.418 e. The molecule has 0 aromatic heterocycles. The number of hydrogen-bond acceptors (Lipinski definition) is 3. The van der Waals surface area contributed by atoms with Crippen LogP contribution in [0.15, 0.2) is 41.3 Å². The van der Waals surface area contributed by atoms with Crippen molar-refractivity contribution in [3.8, 4) is 0 Å². The Hall–Kier alpha value is -2.55. The molecule has 1 amide bonds. The molecule has 144 valence electrons. The predicted octanol–water partition coefficient (Wildman–Crippen LogP) is 3.95. The SMILES string of the molecule is CC(=O)Nc1ccc(NS(=O)(=O)c2ccc3c(c2)CCC3)c(C(F)(F)F)c1. The van der Waals surface area contributed by atoms with Gasteiger partial charge >= 0.3 is 6.18 Å². The zero-order valence-corrected chi connectivity index (χ0v) is 15.2. The molecule has 1 aliphatic rings. The van der Waals surface area contributed by atoms with Crippen LogP contribution < -0.4 is 10.0 Å². The first-order chi connectivity index (χ1) is 12.6. The average molecular weight is 398 g/mol. The monoisotopic (exact) mass is 398 g/mol. The minimum Gasteiger partial charge on any atom is -0.326 e. The second-order valence-electron chi connectivity index (χ2n) is 6.33. The number of sulfonamides is 1. The second-order valence-corrected chi connectivity index (χ2v) is 8.01. The molecule has 0 radical (unpaired) electrons. The van der Waals surface area contributed by atoms with E-state index in [1.54, 1.807) is 6.07 Å². The van der Waals surface area contributed by atoms with E-state index in [2.05, 4.69) is 5.32 Å². The van der Waals surface area contributed by atoms with E-state index < -0.39 is 33.4 Å². The summed E-state index contributed by atoms with van der Waals surface area (Å²) in [6, 6.07) is 7.48. The van der Waals surface area contributed by atoms with E-state index in [-0.39, 0.29) is 10.6 Å². The molecule has 9 heteroatoms. The number of amides is 1. The third-order valence-electron chi connectivity index (χ3n) is 4.27. The molecule has 0 fully saturated rings. The van der Waals surface area contributed by atoms with E-state index >= 15 is 0 Å². The summed E-state index contributed by atoms with van der Waals surface area (Å²) in [5.41, 5.74) is 0.102. The fourth-order valence-electron chi connectivity index (χ4n) is 3.07. The van der Waals surface area contributed by atoms with E-state index in [0.29, 0.717) is 6.07 Å². The number of aryl methyl sites for hydroxylation is 2. The Morgan fingerprint density at radius 2 is 1.74 bits per heavy atom. The van der Waals surface area contributed by atoms with E-state index in [0.717, 1.165) is 43.4 Å². The lowest BCUT2D eigenvalue weighted by atomic mass is 10.1. The van der Waals surface area contributed by atoms with E-state index in [4.69, 9.17) is 0 Å². The predicted molar refractivity (Wildman–Crippen MR) is 95.0 cm³/mol. The molecule has 0 atom stereocenters. The van der Waals surface area contributed by atoms with Crippen molar-refractivity contribution < 1.29 is 26.4 Å². The van der Waals surface area contributed by atoms with Gasteiger partial charge in [0.2, 0.25) is 5.91 Å². The van der Waals surface area contributed by atoms with Gasteiger partial charge in [-0.2, -0.15) is 13.2 Å². The summed E-state index contributed by atoms with van der Waals surface area (Å²) in [4.78, 5) is 11.0. The van der Waals surface area contributed by atoms with E-state index in [1.165, 1.54) is 18.2 Å². The summed E-state index contributed by atoms with van der Waals surface area (Å²) < 4.78 is 67.3. The van der Waals surface area contributed by atoms with Gasteiger partial charge in [0.25, 0.3) is 10.0 Å². The van der Waals surface area contributed by atoms with Crippen LogP contribution in [-0.4, -0.2) is 14.3 Å². The van der Waals surface area contributed by atoms with Gasteiger partial charge in [-0.1, -0.05) is 6.07 Å². The molecule has 0 bridgehead atoms.